The number of carbonyl (C=O) groups is 1. The number of carbonyl (C=O) groups excluding carboxylic acids is 1. The van der Waals surface area contributed by atoms with Crippen LogP contribution in [0.3, 0.4) is 0 Å². The molecule has 206 valence electrons. The Balaban J connectivity index is 1.17. The fraction of sp³-hybridized carbons (Fsp3) is 0.593. The summed E-state index contributed by atoms with van der Waals surface area (Å²) in [5.74, 6) is 2.53. The molecule has 2 N–H and O–H groups in total. The number of amides is 1. The molecule has 1 amide bonds. The van der Waals surface area contributed by atoms with Crippen LogP contribution in [0.5, 0.6) is 5.75 Å². The van der Waals surface area contributed by atoms with Gasteiger partial charge in [-0.3, -0.25) is 4.79 Å². The van der Waals surface area contributed by atoms with E-state index in [1.54, 1.807) is 6.20 Å². The van der Waals surface area contributed by atoms with E-state index in [2.05, 4.69) is 21.3 Å². The van der Waals surface area contributed by atoms with E-state index in [0.29, 0.717) is 38.5 Å². The van der Waals surface area contributed by atoms with Crippen molar-refractivity contribution in [3.05, 3.63) is 36.0 Å². The molecule has 11 heteroatoms. The minimum Gasteiger partial charge on any atom is -0.493 e. The lowest BCUT2D eigenvalue weighted by molar-refractivity contribution is -0.135. The Morgan fingerprint density at radius 2 is 1.97 bits per heavy atom. The highest BCUT2D eigenvalue weighted by atomic mass is 32.2. The number of aromatic nitrogens is 2. The van der Waals surface area contributed by atoms with Crippen LogP contribution in [0.15, 0.2) is 30.5 Å². The minimum absolute atomic E-state index is 0.0366. The van der Waals surface area contributed by atoms with Crippen LogP contribution in [0.2, 0.25) is 0 Å². The molecule has 3 aliphatic rings. The number of ether oxygens (including phenoxy) is 1. The van der Waals surface area contributed by atoms with Gasteiger partial charge < -0.3 is 25.0 Å². The Kier molecular flexibility index (Phi) is 8.04. The van der Waals surface area contributed by atoms with E-state index >= 15 is 0 Å². The van der Waals surface area contributed by atoms with Crippen molar-refractivity contribution >= 4 is 33.2 Å². The second kappa shape index (κ2) is 11.4. The van der Waals surface area contributed by atoms with Crippen molar-refractivity contribution in [2.75, 3.05) is 48.5 Å². The van der Waals surface area contributed by atoms with E-state index in [4.69, 9.17) is 9.72 Å². The predicted molar refractivity (Wildman–Crippen MR) is 146 cm³/mol. The predicted octanol–water partition coefficient (Wildman–Crippen LogP) is 2.55. The van der Waals surface area contributed by atoms with E-state index in [0.717, 1.165) is 61.5 Å². The summed E-state index contributed by atoms with van der Waals surface area (Å²) in [4.78, 5) is 26.0. The monoisotopic (exact) mass is 543 g/mol. The highest BCUT2D eigenvalue weighted by Gasteiger charge is 2.33. The van der Waals surface area contributed by atoms with Crippen LogP contribution >= 0.6 is 0 Å². The van der Waals surface area contributed by atoms with Crippen molar-refractivity contribution in [3.63, 3.8) is 0 Å². The van der Waals surface area contributed by atoms with Crippen molar-refractivity contribution in [2.24, 2.45) is 5.92 Å². The van der Waals surface area contributed by atoms with Crippen LogP contribution in [-0.4, -0.2) is 84.7 Å². The van der Waals surface area contributed by atoms with Gasteiger partial charge in [-0.15, -0.1) is 0 Å². The number of benzene rings is 1. The number of nitrogens with zero attached hydrogens (tertiary/aromatic N) is 4. The van der Waals surface area contributed by atoms with Crippen LogP contribution in [0, 0.1) is 5.92 Å². The van der Waals surface area contributed by atoms with Gasteiger partial charge in [0.25, 0.3) is 0 Å². The van der Waals surface area contributed by atoms with Crippen molar-refractivity contribution < 1.29 is 23.1 Å². The van der Waals surface area contributed by atoms with Gasteiger partial charge >= 0.3 is 0 Å². The fourth-order valence-corrected chi connectivity index (χ4v) is 6.36. The molecule has 2 fully saturated rings. The van der Waals surface area contributed by atoms with Crippen LogP contribution in [0.1, 0.15) is 44.1 Å². The molecule has 2 aliphatic heterocycles. The smallest absolute Gasteiger partial charge is 0.225 e. The number of β-amino-alcohol motifs (C(OH)–C–C–N with tert-alkyl or cyclic N) is 1. The summed E-state index contributed by atoms with van der Waals surface area (Å²) >= 11 is 0. The molecule has 0 spiro atoms. The number of aliphatic hydroxyl groups is 1. The van der Waals surface area contributed by atoms with E-state index in [1.165, 1.54) is 6.26 Å². The first-order valence-electron chi connectivity index (χ1n) is 13.5. The van der Waals surface area contributed by atoms with Crippen LogP contribution in [-0.2, 0) is 21.1 Å². The lowest BCUT2D eigenvalue weighted by atomic mass is 9.85. The molecule has 1 atom stereocenters. The van der Waals surface area contributed by atoms with Gasteiger partial charge in [-0.05, 0) is 63.1 Å². The number of sulfone groups is 1. The summed E-state index contributed by atoms with van der Waals surface area (Å²) < 4.78 is 28.7. The normalized spacial score (nSPS) is 23.4. The van der Waals surface area contributed by atoms with Crippen LogP contribution in [0.4, 0.5) is 17.5 Å². The second-order valence-corrected chi connectivity index (χ2v) is 12.9. The zero-order valence-corrected chi connectivity index (χ0v) is 22.7. The number of rotatable bonds is 9. The number of fused-ring (bicyclic) bond motifs is 1. The van der Waals surface area contributed by atoms with Crippen molar-refractivity contribution in [3.8, 4) is 5.75 Å². The first kappa shape index (κ1) is 26.7. The average Bonchev–Trinajstić information content (AvgIpc) is 3.53. The number of aliphatic hydroxyl groups excluding tert-OH is 1. The number of nitrogens with one attached hydrogen (secondary N) is 1. The molecule has 0 radical (unpaired) electrons. The quantitative estimate of drug-likeness (QED) is 0.459. The van der Waals surface area contributed by atoms with Gasteiger partial charge in [0, 0.05) is 55.3 Å². The molecule has 10 nitrogen and oxygen atoms in total. The molecular weight excluding hydrogens is 506 g/mol. The van der Waals surface area contributed by atoms with Gasteiger partial charge in [-0.25, -0.2) is 13.4 Å². The minimum atomic E-state index is -3.00. The van der Waals surface area contributed by atoms with E-state index in [9.17, 15) is 18.3 Å². The number of hydrogen-bond acceptors (Lipinski definition) is 9. The maximum Gasteiger partial charge on any atom is 0.225 e. The number of likely N-dealkylation sites (tertiary alicyclic amines) is 1. The maximum atomic E-state index is 12.8. The summed E-state index contributed by atoms with van der Waals surface area (Å²) in [5, 5.41) is 13.2. The van der Waals surface area contributed by atoms with Crippen LogP contribution < -0.4 is 15.0 Å². The van der Waals surface area contributed by atoms with E-state index in [-0.39, 0.29) is 29.7 Å². The third kappa shape index (κ3) is 6.37. The molecule has 38 heavy (non-hydrogen) atoms. The van der Waals surface area contributed by atoms with E-state index < -0.39 is 9.84 Å². The highest BCUT2D eigenvalue weighted by Crippen LogP contribution is 2.39. The van der Waals surface area contributed by atoms with Gasteiger partial charge in [-0.1, -0.05) is 6.07 Å². The zero-order chi connectivity index (χ0) is 26.7. The lowest BCUT2D eigenvalue weighted by Gasteiger charge is -2.31. The topological polar surface area (TPSA) is 125 Å². The first-order chi connectivity index (χ1) is 18.3. The molecule has 0 unspecified atom stereocenters. The summed E-state index contributed by atoms with van der Waals surface area (Å²) in [6.45, 7) is 2.26. The van der Waals surface area contributed by atoms with Gasteiger partial charge in [0.2, 0.25) is 11.9 Å². The van der Waals surface area contributed by atoms with Crippen LogP contribution in [0.25, 0.3) is 0 Å². The molecule has 1 saturated heterocycles. The molecule has 5 rings (SSSR count). The van der Waals surface area contributed by atoms with Gasteiger partial charge in [0.1, 0.15) is 21.4 Å². The standard InChI is InChI=1S/C27H37N5O5S/c1-38(35,36)17-3-16-37-24-5-2-4-23-22(24)12-15-32(23)25-10-13-28-27(30-25)29-20-8-6-19(7-9-20)26(34)31-14-11-21(33)18-31/h2,4-5,10,13,19-21,33H,3,6-9,11-12,14-18H2,1H3,(H,28,29,30)/t19?,20?,21-/m0/s1. The van der Waals surface area contributed by atoms with Crippen molar-refractivity contribution in [1.29, 1.82) is 0 Å². The van der Waals surface area contributed by atoms with Crippen molar-refractivity contribution in [1.82, 2.24) is 14.9 Å². The Morgan fingerprint density at radius 1 is 1.16 bits per heavy atom. The first-order valence-corrected chi connectivity index (χ1v) is 15.6. The summed E-state index contributed by atoms with van der Waals surface area (Å²) in [7, 11) is -3.00. The average molecular weight is 544 g/mol. The summed E-state index contributed by atoms with van der Waals surface area (Å²) in [5.41, 5.74) is 2.15. The molecule has 0 bridgehead atoms. The molecular formula is C27H37N5O5S. The summed E-state index contributed by atoms with van der Waals surface area (Å²) in [6.07, 6.45) is 8.00. The number of anilines is 3. The molecule has 2 aromatic rings. The fourth-order valence-electron chi connectivity index (χ4n) is 5.72. The second-order valence-electron chi connectivity index (χ2n) is 10.6. The number of hydrogen-bond donors (Lipinski definition) is 2. The Hall–Kier alpha value is -2.92. The molecule has 3 heterocycles. The third-order valence-electron chi connectivity index (χ3n) is 7.70. The zero-order valence-electron chi connectivity index (χ0n) is 21.9. The van der Waals surface area contributed by atoms with Gasteiger partial charge in [0.15, 0.2) is 0 Å². The lowest BCUT2D eigenvalue weighted by Crippen LogP contribution is -2.38. The van der Waals surface area contributed by atoms with Gasteiger partial charge in [0.05, 0.1) is 18.5 Å². The Bertz CT molecular complexity index is 1250. The third-order valence-corrected chi connectivity index (χ3v) is 8.73. The maximum absolute atomic E-state index is 12.8. The highest BCUT2D eigenvalue weighted by molar-refractivity contribution is 7.90. The molecule has 1 aromatic carbocycles. The summed E-state index contributed by atoms with van der Waals surface area (Å²) in [6, 6.07) is 8.06. The largest absolute Gasteiger partial charge is 0.493 e. The molecule has 1 aliphatic carbocycles. The van der Waals surface area contributed by atoms with E-state index in [1.807, 2.05) is 23.1 Å². The molecule has 1 aromatic heterocycles. The molecule has 1 saturated carbocycles. The van der Waals surface area contributed by atoms with Crippen molar-refractivity contribution in [2.45, 2.75) is 57.1 Å². The van der Waals surface area contributed by atoms with Gasteiger partial charge in [-0.2, -0.15) is 4.98 Å². The SMILES string of the molecule is CS(=O)(=O)CCCOc1cccc2c1CCN2c1ccnc(NC2CCC(C(=O)N3CC[C@H](O)C3)CC2)n1. The Morgan fingerprint density at radius 3 is 2.71 bits per heavy atom. The Labute approximate surface area is 224 Å².